The largest absolute Gasteiger partial charge is 0.496 e. The second kappa shape index (κ2) is 7.09. The van der Waals surface area contributed by atoms with Crippen molar-refractivity contribution in [1.82, 2.24) is 5.32 Å². The van der Waals surface area contributed by atoms with E-state index in [4.69, 9.17) is 10.5 Å². The Morgan fingerprint density at radius 1 is 1.53 bits per heavy atom. The Bertz CT molecular complexity index is 437. The average molecular weight is 268 g/mol. The van der Waals surface area contributed by atoms with E-state index in [9.17, 15) is 9.18 Å². The normalized spacial score (nSPS) is 13.7. The maximum atomic E-state index is 13.3. The lowest BCUT2D eigenvalue weighted by molar-refractivity contribution is -0.123. The molecule has 0 heterocycles. The highest BCUT2D eigenvalue weighted by Gasteiger charge is 2.18. The molecule has 19 heavy (non-hydrogen) atoms. The number of nitrogens with one attached hydrogen (secondary N) is 1. The van der Waals surface area contributed by atoms with Crippen LogP contribution < -0.4 is 15.8 Å². The molecule has 0 aliphatic rings. The highest BCUT2D eigenvalue weighted by Crippen LogP contribution is 2.25. The third-order valence-electron chi connectivity index (χ3n) is 2.95. The molecular weight excluding hydrogens is 247 g/mol. The fourth-order valence-corrected chi connectivity index (χ4v) is 1.88. The van der Waals surface area contributed by atoms with Crippen molar-refractivity contribution in [2.24, 2.45) is 5.73 Å². The minimum atomic E-state index is -0.535. The van der Waals surface area contributed by atoms with E-state index in [0.29, 0.717) is 17.7 Å². The van der Waals surface area contributed by atoms with Gasteiger partial charge in [0.05, 0.1) is 19.2 Å². The van der Waals surface area contributed by atoms with Gasteiger partial charge in [-0.2, -0.15) is 0 Å². The standard InChI is InChI=1S/C14H21FN2O2/c1-4-5-12(16)14(18)17-9(2)11-8-10(15)6-7-13(11)19-3/h6-9,12H,4-5,16H2,1-3H3,(H,17,18). The number of hydrogen-bond acceptors (Lipinski definition) is 3. The van der Waals surface area contributed by atoms with E-state index in [1.54, 1.807) is 13.0 Å². The summed E-state index contributed by atoms with van der Waals surface area (Å²) in [6, 6.07) is 3.32. The molecule has 1 aromatic rings. The van der Waals surface area contributed by atoms with Gasteiger partial charge in [-0.3, -0.25) is 4.79 Å². The molecule has 0 aliphatic heterocycles. The molecule has 1 aromatic carbocycles. The van der Waals surface area contributed by atoms with Crippen molar-refractivity contribution >= 4 is 5.91 Å². The van der Waals surface area contributed by atoms with Crippen LogP contribution in [0.15, 0.2) is 18.2 Å². The minimum Gasteiger partial charge on any atom is -0.496 e. The number of nitrogens with two attached hydrogens (primary N) is 1. The molecule has 2 atom stereocenters. The summed E-state index contributed by atoms with van der Waals surface area (Å²) in [5.74, 6) is -0.0614. The predicted molar refractivity (Wildman–Crippen MR) is 72.4 cm³/mol. The first-order valence-electron chi connectivity index (χ1n) is 6.39. The van der Waals surface area contributed by atoms with Crippen LogP contribution in [0.4, 0.5) is 4.39 Å². The summed E-state index contributed by atoms with van der Waals surface area (Å²) < 4.78 is 18.4. The molecule has 106 valence electrons. The zero-order valence-corrected chi connectivity index (χ0v) is 11.6. The topological polar surface area (TPSA) is 64.4 Å². The van der Waals surface area contributed by atoms with Gasteiger partial charge in [0, 0.05) is 5.56 Å². The van der Waals surface area contributed by atoms with Gasteiger partial charge in [0.1, 0.15) is 11.6 Å². The molecule has 0 radical (unpaired) electrons. The van der Waals surface area contributed by atoms with Gasteiger partial charge in [-0.15, -0.1) is 0 Å². The van der Waals surface area contributed by atoms with Crippen molar-refractivity contribution in [3.05, 3.63) is 29.6 Å². The van der Waals surface area contributed by atoms with Crippen molar-refractivity contribution in [2.45, 2.75) is 38.8 Å². The number of carbonyl (C=O) groups excluding carboxylic acids is 1. The lowest BCUT2D eigenvalue weighted by atomic mass is 10.1. The first-order valence-corrected chi connectivity index (χ1v) is 6.39. The molecule has 4 nitrogen and oxygen atoms in total. The highest BCUT2D eigenvalue weighted by atomic mass is 19.1. The second-order valence-corrected chi connectivity index (χ2v) is 4.51. The first kappa shape index (κ1) is 15.4. The Hall–Kier alpha value is -1.62. The van der Waals surface area contributed by atoms with Crippen molar-refractivity contribution < 1.29 is 13.9 Å². The molecule has 5 heteroatoms. The van der Waals surface area contributed by atoms with E-state index in [1.165, 1.54) is 19.2 Å². The Morgan fingerprint density at radius 3 is 2.79 bits per heavy atom. The Balaban J connectivity index is 2.80. The SMILES string of the molecule is CCCC(N)C(=O)NC(C)c1cc(F)ccc1OC. The number of carbonyl (C=O) groups is 1. The lowest BCUT2D eigenvalue weighted by Crippen LogP contribution is -2.41. The first-order chi connectivity index (χ1) is 8.99. The van der Waals surface area contributed by atoms with Gasteiger partial charge >= 0.3 is 0 Å². The molecule has 1 rings (SSSR count). The monoisotopic (exact) mass is 268 g/mol. The van der Waals surface area contributed by atoms with E-state index < -0.39 is 6.04 Å². The number of halogens is 1. The number of hydrogen-bond donors (Lipinski definition) is 2. The summed E-state index contributed by atoms with van der Waals surface area (Å²) in [6.45, 7) is 3.74. The molecule has 1 amide bonds. The van der Waals surface area contributed by atoms with Crippen LogP contribution in [0.5, 0.6) is 5.75 Å². The van der Waals surface area contributed by atoms with Crippen molar-refractivity contribution in [3.63, 3.8) is 0 Å². The fraction of sp³-hybridized carbons (Fsp3) is 0.500. The van der Waals surface area contributed by atoms with Crippen LogP contribution in [-0.2, 0) is 4.79 Å². The van der Waals surface area contributed by atoms with Crippen LogP contribution in [0.3, 0.4) is 0 Å². The number of methoxy groups -OCH3 is 1. The summed E-state index contributed by atoms with van der Waals surface area (Å²) in [7, 11) is 1.51. The van der Waals surface area contributed by atoms with Crippen LogP contribution in [0.2, 0.25) is 0 Å². The van der Waals surface area contributed by atoms with Gasteiger partial charge in [-0.05, 0) is 31.5 Å². The average Bonchev–Trinajstić information content (AvgIpc) is 2.38. The van der Waals surface area contributed by atoms with Crippen molar-refractivity contribution in [3.8, 4) is 5.75 Å². The molecule has 0 aromatic heterocycles. The van der Waals surface area contributed by atoms with Gasteiger partial charge in [-0.25, -0.2) is 4.39 Å². The summed E-state index contributed by atoms with van der Waals surface area (Å²) in [4.78, 5) is 11.8. The summed E-state index contributed by atoms with van der Waals surface area (Å²) in [5.41, 5.74) is 6.33. The Morgan fingerprint density at radius 2 is 2.21 bits per heavy atom. The van der Waals surface area contributed by atoms with Crippen molar-refractivity contribution in [2.75, 3.05) is 7.11 Å². The molecule has 0 fully saturated rings. The fourth-order valence-electron chi connectivity index (χ4n) is 1.88. The van der Waals surface area contributed by atoms with E-state index in [2.05, 4.69) is 5.32 Å². The maximum Gasteiger partial charge on any atom is 0.237 e. The van der Waals surface area contributed by atoms with Crippen LogP contribution in [0.25, 0.3) is 0 Å². The van der Waals surface area contributed by atoms with Crippen molar-refractivity contribution in [1.29, 1.82) is 0 Å². The second-order valence-electron chi connectivity index (χ2n) is 4.51. The molecular formula is C14H21FN2O2. The van der Waals surface area contributed by atoms with Gasteiger partial charge in [-0.1, -0.05) is 13.3 Å². The van der Waals surface area contributed by atoms with E-state index >= 15 is 0 Å². The Labute approximate surface area is 113 Å². The summed E-state index contributed by atoms with van der Waals surface area (Å²) in [6.07, 6.45) is 1.46. The minimum absolute atomic E-state index is 0.235. The van der Waals surface area contributed by atoms with Crippen LogP contribution >= 0.6 is 0 Å². The molecule has 0 spiro atoms. The number of amides is 1. The third kappa shape index (κ3) is 4.21. The molecule has 0 saturated heterocycles. The number of ether oxygens (including phenoxy) is 1. The number of benzene rings is 1. The van der Waals surface area contributed by atoms with Crippen LogP contribution in [0.1, 0.15) is 38.3 Å². The van der Waals surface area contributed by atoms with Gasteiger partial charge in [0.25, 0.3) is 0 Å². The summed E-state index contributed by atoms with van der Waals surface area (Å²) in [5, 5.41) is 2.77. The summed E-state index contributed by atoms with van der Waals surface area (Å²) >= 11 is 0. The number of rotatable bonds is 6. The van der Waals surface area contributed by atoms with Crippen LogP contribution in [0, 0.1) is 5.82 Å². The third-order valence-corrected chi connectivity index (χ3v) is 2.95. The molecule has 3 N–H and O–H groups in total. The molecule has 0 saturated carbocycles. The van der Waals surface area contributed by atoms with Gasteiger partial charge in [0.15, 0.2) is 0 Å². The van der Waals surface area contributed by atoms with Crippen LogP contribution in [-0.4, -0.2) is 19.1 Å². The zero-order valence-electron chi connectivity index (χ0n) is 11.6. The predicted octanol–water partition coefficient (Wildman–Crippen LogP) is 2.14. The van der Waals surface area contributed by atoms with E-state index in [-0.39, 0.29) is 17.8 Å². The maximum absolute atomic E-state index is 13.3. The lowest BCUT2D eigenvalue weighted by Gasteiger charge is -2.19. The molecule has 2 unspecified atom stereocenters. The van der Waals surface area contributed by atoms with Gasteiger partial charge < -0.3 is 15.8 Å². The van der Waals surface area contributed by atoms with E-state index in [0.717, 1.165) is 6.42 Å². The van der Waals surface area contributed by atoms with E-state index in [1.807, 2.05) is 6.92 Å². The highest BCUT2D eigenvalue weighted by molar-refractivity contribution is 5.81. The molecule has 0 bridgehead atoms. The Kier molecular flexibility index (Phi) is 5.76. The quantitative estimate of drug-likeness (QED) is 0.830. The smallest absolute Gasteiger partial charge is 0.237 e. The molecule has 0 aliphatic carbocycles. The van der Waals surface area contributed by atoms with Gasteiger partial charge in [0.2, 0.25) is 5.91 Å². The zero-order chi connectivity index (χ0) is 14.4.